The minimum Gasteiger partial charge on any atom is -0.342 e. The van der Waals surface area contributed by atoms with Gasteiger partial charge in [-0.3, -0.25) is 9.69 Å². The molecular formula is C18H30ClN3O. The van der Waals surface area contributed by atoms with E-state index in [0.29, 0.717) is 13.1 Å². The van der Waals surface area contributed by atoms with E-state index in [-0.39, 0.29) is 18.3 Å². The molecule has 1 heterocycles. The Labute approximate surface area is 146 Å². The van der Waals surface area contributed by atoms with Gasteiger partial charge >= 0.3 is 0 Å². The Hall–Kier alpha value is -1.10. The molecule has 2 N–H and O–H groups in total. The molecule has 1 aromatic carbocycles. The highest BCUT2D eigenvalue weighted by molar-refractivity contribution is 5.85. The van der Waals surface area contributed by atoms with Gasteiger partial charge in [-0.1, -0.05) is 37.3 Å². The molecule has 5 heteroatoms. The second-order valence-corrected chi connectivity index (χ2v) is 6.36. The summed E-state index contributed by atoms with van der Waals surface area (Å²) in [6.07, 6.45) is 3.23. The second kappa shape index (κ2) is 10.6. The van der Waals surface area contributed by atoms with Crippen LogP contribution in [0.5, 0.6) is 0 Å². The summed E-state index contributed by atoms with van der Waals surface area (Å²) in [4.78, 5) is 16.7. The quantitative estimate of drug-likeness (QED) is 0.828. The minimum atomic E-state index is 0. The lowest BCUT2D eigenvalue weighted by Crippen LogP contribution is -2.45. The molecule has 1 aromatic rings. The van der Waals surface area contributed by atoms with Crippen LogP contribution in [0.2, 0.25) is 0 Å². The average Bonchev–Trinajstić information content (AvgIpc) is 2.54. The fraction of sp³-hybridized carbons (Fsp3) is 0.611. The first kappa shape index (κ1) is 19.9. The summed E-state index contributed by atoms with van der Waals surface area (Å²) in [6, 6.07) is 10.4. The van der Waals surface area contributed by atoms with Crippen molar-refractivity contribution in [2.45, 2.75) is 26.2 Å². The lowest BCUT2D eigenvalue weighted by Gasteiger charge is -2.32. The number of piperidine rings is 1. The smallest absolute Gasteiger partial charge is 0.236 e. The molecule has 23 heavy (non-hydrogen) atoms. The van der Waals surface area contributed by atoms with Gasteiger partial charge in [0.2, 0.25) is 5.91 Å². The van der Waals surface area contributed by atoms with Crippen molar-refractivity contribution in [3.63, 3.8) is 0 Å². The first-order valence-electron chi connectivity index (χ1n) is 8.43. The Balaban J connectivity index is 0.00000264. The molecule has 0 unspecified atom stereocenters. The highest BCUT2D eigenvalue weighted by atomic mass is 35.5. The average molecular weight is 340 g/mol. The Bertz CT molecular complexity index is 447. The maximum Gasteiger partial charge on any atom is 0.236 e. The molecule has 0 spiro atoms. The van der Waals surface area contributed by atoms with Gasteiger partial charge in [-0.15, -0.1) is 12.4 Å². The van der Waals surface area contributed by atoms with Gasteiger partial charge in [-0.2, -0.15) is 0 Å². The van der Waals surface area contributed by atoms with Crippen LogP contribution >= 0.6 is 12.4 Å². The number of carbonyl (C=O) groups is 1. The van der Waals surface area contributed by atoms with Crippen LogP contribution in [0.4, 0.5) is 0 Å². The summed E-state index contributed by atoms with van der Waals surface area (Å²) in [6.45, 7) is 6.85. The number of carbonyl (C=O) groups excluding carboxylic acids is 1. The van der Waals surface area contributed by atoms with Crippen molar-refractivity contribution in [3.05, 3.63) is 35.9 Å². The molecular weight excluding hydrogens is 310 g/mol. The van der Waals surface area contributed by atoms with Crippen LogP contribution in [0, 0.1) is 5.92 Å². The standard InChI is InChI=1S/C18H29N3O.ClH/c1-16-7-12-21(13-8-16)18(22)15-20(14-10-19)11-9-17-5-3-2-4-6-17;/h2-6,16H,7-15,19H2,1H3;1H. The second-order valence-electron chi connectivity index (χ2n) is 6.36. The fourth-order valence-electron chi connectivity index (χ4n) is 2.93. The molecule has 130 valence electrons. The molecule has 1 aliphatic rings. The molecule has 0 atom stereocenters. The zero-order valence-electron chi connectivity index (χ0n) is 14.1. The number of halogens is 1. The lowest BCUT2D eigenvalue weighted by molar-refractivity contribution is -0.133. The molecule has 0 radical (unpaired) electrons. The monoisotopic (exact) mass is 339 g/mol. The zero-order valence-corrected chi connectivity index (χ0v) is 14.9. The van der Waals surface area contributed by atoms with Crippen LogP contribution in [0.25, 0.3) is 0 Å². The maximum atomic E-state index is 12.4. The summed E-state index contributed by atoms with van der Waals surface area (Å²) >= 11 is 0. The number of rotatable bonds is 7. The first-order chi connectivity index (χ1) is 10.7. The SMILES string of the molecule is CC1CCN(C(=O)CN(CCN)CCc2ccccc2)CC1.Cl. The number of likely N-dealkylation sites (tertiary alicyclic amines) is 1. The van der Waals surface area contributed by atoms with Crippen LogP contribution in [0.15, 0.2) is 30.3 Å². The third-order valence-corrected chi connectivity index (χ3v) is 4.50. The number of nitrogens with two attached hydrogens (primary N) is 1. The van der Waals surface area contributed by atoms with Crippen molar-refractivity contribution < 1.29 is 4.79 Å². The van der Waals surface area contributed by atoms with E-state index in [1.165, 1.54) is 5.56 Å². The summed E-state index contributed by atoms with van der Waals surface area (Å²) in [7, 11) is 0. The predicted octanol–water partition coefficient (Wildman–Crippen LogP) is 2.17. The molecule has 0 aliphatic carbocycles. The van der Waals surface area contributed by atoms with Gasteiger partial charge in [0.05, 0.1) is 6.54 Å². The normalized spacial score (nSPS) is 15.5. The maximum absolute atomic E-state index is 12.4. The van der Waals surface area contributed by atoms with Crippen molar-refractivity contribution in [1.29, 1.82) is 0 Å². The van der Waals surface area contributed by atoms with Gasteiger partial charge in [0.1, 0.15) is 0 Å². The van der Waals surface area contributed by atoms with Gasteiger partial charge < -0.3 is 10.6 Å². The van der Waals surface area contributed by atoms with E-state index in [9.17, 15) is 4.79 Å². The number of hydrogen-bond donors (Lipinski definition) is 1. The molecule has 1 saturated heterocycles. The fourth-order valence-corrected chi connectivity index (χ4v) is 2.93. The Morgan fingerprint density at radius 3 is 2.48 bits per heavy atom. The van der Waals surface area contributed by atoms with Crippen molar-refractivity contribution in [2.75, 3.05) is 39.3 Å². The lowest BCUT2D eigenvalue weighted by atomic mass is 9.99. The minimum absolute atomic E-state index is 0. The molecule has 1 aliphatic heterocycles. The first-order valence-corrected chi connectivity index (χ1v) is 8.43. The van der Waals surface area contributed by atoms with E-state index in [2.05, 4.69) is 36.1 Å². The van der Waals surface area contributed by atoms with Gasteiger partial charge in [-0.05, 0) is 30.7 Å². The van der Waals surface area contributed by atoms with Gasteiger partial charge in [-0.25, -0.2) is 0 Å². The molecule has 0 aromatic heterocycles. The summed E-state index contributed by atoms with van der Waals surface area (Å²) in [5.74, 6) is 1.01. The van der Waals surface area contributed by atoms with Crippen molar-refractivity contribution in [2.24, 2.45) is 11.7 Å². The predicted molar refractivity (Wildman–Crippen MR) is 97.9 cm³/mol. The molecule has 4 nitrogen and oxygen atoms in total. The molecule has 1 fully saturated rings. The Morgan fingerprint density at radius 2 is 1.87 bits per heavy atom. The van der Waals surface area contributed by atoms with Gasteiger partial charge in [0, 0.05) is 32.7 Å². The summed E-state index contributed by atoms with van der Waals surface area (Å²) in [5, 5.41) is 0. The molecule has 1 amide bonds. The summed E-state index contributed by atoms with van der Waals surface area (Å²) < 4.78 is 0. The van der Waals surface area contributed by atoms with Gasteiger partial charge in [0.25, 0.3) is 0 Å². The van der Waals surface area contributed by atoms with Crippen LogP contribution < -0.4 is 5.73 Å². The van der Waals surface area contributed by atoms with E-state index in [1.54, 1.807) is 0 Å². The van der Waals surface area contributed by atoms with E-state index < -0.39 is 0 Å². The van der Waals surface area contributed by atoms with Crippen molar-refractivity contribution in [3.8, 4) is 0 Å². The zero-order chi connectivity index (χ0) is 15.8. The Morgan fingerprint density at radius 1 is 1.22 bits per heavy atom. The number of benzene rings is 1. The van der Waals surface area contributed by atoms with Crippen LogP contribution in [0.3, 0.4) is 0 Å². The van der Waals surface area contributed by atoms with Crippen LogP contribution in [-0.2, 0) is 11.2 Å². The van der Waals surface area contributed by atoms with E-state index in [1.807, 2.05) is 11.0 Å². The third kappa shape index (κ3) is 6.90. The topological polar surface area (TPSA) is 49.6 Å². The number of hydrogen-bond acceptors (Lipinski definition) is 3. The largest absolute Gasteiger partial charge is 0.342 e. The number of amides is 1. The molecule has 0 saturated carbocycles. The third-order valence-electron chi connectivity index (χ3n) is 4.50. The van der Waals surface area contributed by atoms with Crippen molar-refractivity contribution >= 4 is 18.3 Å². The molecule has 2 rings (SSSR count). The highest BCUT2D eigenvalue weighted by Crippen LogP contribution is 2.16. The highest BCUT2D eigenvalue weighted by Gasteiger charge is 2.21. The summed E-state index contributed by atoms with van der Waals surface area (Å²) in [5.41, 5.74) is 7.01. The van der Waals surface area contributed by atoms with E-state index in [4.69, 9.17) is 5.73 Å². The Kier molecular flexibility index (Phi) is 9.22. The van der Waals surface area contributed by atoms with E-state index >= 15 is 0 Å². The van der Waals surface area contributed by atoms with E-state index in [0.717, 1.165) is 51.4 Å². The van der Waals surface area contributed by atoms with Crippen molar-refractivity contribution in [1.82, 2.24) is 9.80 Å². The molecule has 0 bridgehead atoms. The van der Waals surface area contributed by atoms with Gasteiger partial charge in [0.15, 0.2) is 0 Å². The van der Waals surface area contributed by atoms with Crippen LogP contribution in [0.1, 0.15) is 25.3 Å². The number of nitrogens with zero attached hydrogens (tertiary/aromatic N) is 2. The van der Waals surface area contributed by atoms with Crippen LogP contribution in [-0.4, -0.2) is 55.0 Å².